The van der Waals surface area contributed by atoms with Gasteiger partial charge in [0.25, 0.3) is 0 Å². The van der Waals surface area contributed by atoms with Crippen LogP contribution in [0.4, 0.5) is 5.69 Å². The van der Waals surface area contributed by atoms with E-state index in [1.54, 1.807) is 12.1 Å². The third-order valence-electron chi connectivity index (χ3n) is 1.81. The second-order valence-corrected chi connectivity index (χ2v) is 5.98. The van der Waals surface area contributed by atoms with E-state index in [1.165, 1.54) is 13.0 Å². The van der Waals surface area contributed by atoms with Crippen molar-refractivity contribution in [1.82, 2.24) is 4.72 Å². The minimum absolute atomic E-state index is 0.0381. The first-order chi connectivity index (χ1) is 7.33. The number of benzene rings is 1. The Balaban J connectivity index is 3.02. The second-order valence-electron chi connectivity index (χ2n) is 3.39. The Hall–Kier alpha value is -0.630. The molecule has 5 nitrogen and oxygen atoms in total. The van der Waals surface area contributed by atoms with Crippen molar-refractivity contribution in [3.05, 3.63) is 22.7 Å². The van der Waals surface area contributed by atoms with E-state index in [2.05, 4.69) is 20.7 Å². The van der Waals surface area contributed by atoms with Crippen molar-refractivity contribution < 1.29 is 13.5 Å². The molecule has 0 bridgehead atoms. The lowest BCUT2D eigenvalue weighted by Crippen LogP contribution is -2.30. The van der Waals surface area contributed by atoms with Crippen LogP contribution in [0, 0.1) is 0 Å². The molecule has 0 aliphatic heterocycles. The third-order valence-corrected chi connectivity index (χ3v) is 4.23. The van der Waals surface area contributed by atoms with Crippen LogP contribution in [-0.2, 0) is 10.0 Å². The number of anilines is 1. The van der Waals surface area contributed by atoms with E-state index in [9.17, 15) is 8.42 Å². The van der Waals surface area contributed by atoms with E-state index in [4.69, 9.17) is 10.8 Å². The van der Waals surface area contributed by atoms with Gasteiger partial charge >= 0.3 is 0 Å². The van der Waals surface area contributed by atoms with Gasteiger partial charge in [0.1, 0.15) is 0 Å². The molecule has 4 N–H and O–H groups in total. The molecule has 7 heteroatoms. The lowest BCUT2D eigenvalue weighted by Gasteiger charge is -2.10. The average Bonchev–Trinajstić information content (AvgIpc) is 2.19. The van der Waals surface area contributed by atoms with Gasteiger partial charge in [-0.2, -0.15) is 0 Å². The maximum Gasteiger partial charge on any atom is 0.241 e. The van der Waals surface area contributed by atoms with Gasteiger partial charge in [0.15, 0.2) is 0 Å². The molecular formula is C9H13BrN2O3S. The molecule has 0 amide bonds. The highest BCUT2D eigenvalue weighted by Crippen LogP contribution is 2.23. The normalized spacial score (nSPS) is 13.7. The molecular weight excluding hydrogens is 296 g/mol. The minimum atomic E-state index is -3.65. The molecule has 0 radical (unpaired) electrons. The van der Waals surface area contributed by atoms with Crippen molar-refractivity contribution in [2.24, 2.45) is 0 Å². The fourth-order valence-corrected chi connectivity index (χ4v) is 3.15. The molecule has 0 aromatic heterocycles. The number of rotatable bonds is 4. The van der Waals surface area contributed by atoms with Gasteiger partial charge in [-0.25, -0.2) is 13.1 Å². The van der Waals surface area contributed by atoms with Crippen LogP contribution in [0.2, 0.25) is 0 Å². The van der Waals surface area contributed by atoms with Crippen LogP contribution < -0.4 is 10.5 Å². The number of nitrogens with two attached hydrogens (primary N) is 1. The van der Waals surface area contributed by atoms with Gasteiger partial charge in [-0.15, -0.1) is 0 Å². The summed E-state index contributed by atoms with van der Waals surface area (Å²) in [6, 6.07) is 4.51. The third kappa shape index (κ3) is 3.44. The van der Waals surface area contributed by atoms with E-state index in [0.29, 0.717) is 10.2 Å². The average molecular weight is 309 g/mol. The summed E-state index contributed by atoms with van der Waals surface area (Å²) in [6.45, 7) is 1.46. The van der Waals surface area contributed by atoms with Crippen LogP contribution in [0.15, 0.2) is 27.6 Å². The largest absolute Gasteiger partial charge is 0.399 e. The molecule has 90 valence electrons. The molecule has 0 saturated carbocycles. The summed E-state index contributed by atoms with van der Waals surface area (Å²) in [5.41, 5.74) is 5.88. The number of aliphatic hydroxyl groups is 1. The topological polar surface area (TPSA) is 92.4 Å². The number of aliphatic hydroxyl groups excluding tert-OH is 1. The number of sulfonamides is 1. The van der Waals surface area contributed by atoms with Crippen molar-refractivity contribution in [1.29, 1.82) is 0 Å². The van der Waals surface area contributed by atoms with E-state index < -0.39 is 16.1 Å². The smallest absolute Gasteiger partial charge is 0.241 e. The highest BCUT2D eigenvalue weighted by Gasteiger charge is 2.18. The summed E-state index contributed by atoms with van der Waals surface area (Å²) >= 11 is 3.14. The van der Waals surface area contributed by atoms with Gasteiger partial charge in [0.05, 0.1) is 11.0 Å². The summed E-state index contributed by atoms with van der Waals surface area (Å²) in [7, 11) is -3.65. The maximum absolute atomic E-state index is 11.8. The van der Waals surface area contributed by atoms with Gasteiger partial charge in [-0.1, -0.05) is 0 Å². The SMILES string of the molecule is C[C@H](O)CNS(=O)(=O)c1cc(N)ccc1Br. The Morgan fingerprint density at radius 3 is 2.75 bits per heavy atom. The van der Waals surface area contributed by atoms with Gasteiger partial charge < -0.3 is 10.8 Å². The van der Waals surface area contributed by atoms with Crippen molar-refractivity contribution in [2.45, 2.75) is 17.9 Å². The van der Waals surface area contributed by atoms with Crippen LogP contribution in [0.3, 0.4) is 0 Å². The van der Waals surface area contributed by atoms with Crippen molar-refractivity contribution in [3.8, 4) is 0 Å². The molecule has 1 rings (SSSR count). The zero-order valence-corrected chi connectivity index (χ0v) is 11.0. The summed E-state index contributed by atoms with van der Waals surface area (Å²) < 4.78 is 26.3. The number of hydrogen-bond acceptors (Lipinski definition) is 4. The molecule has 0 spiro atoms. The zero-order valence-electron chi connectivity index (χ0n) is 8.64. The quantitative estimate of drug-likeness (QED) is 0.714. The second kappa shape index (κ2) is 5.13. The van der Waals surface area contributed by atoms with E-state index in [1.807, 2.05) is 0 Å². The first-order valence-corrected chi connectivity index (χ1v) is 6.83. The standard InChI is InChI=1S/C9H13BrN2O3S/c1-6(13)5-12-16(14,15)9-4-7(11)2-3-8(9)10/h2-4,6,12-13H,5,11H2,1H3/t6-/m0/s1. The molecule has 0 saturated heterocycles. The predicted molar refractivity (Wildman–Crippen MR) is 65.4 cm³/mol. The Kier molecular flexibility index (Phi) is 4.31. The monoisotopic (exact) mass is 308 g/mol. The van der Waals surface area contributed by atoms with Gasteiger partial charge in [0, 0.05) is 16.7 Å². The number of nitrogens with one attached hydrogen (secondary N) is 1. The predicted octanol–water partition coefficient (Wildman–Crippen LogP) is 0.690. The molecule has 1 atom stereocenters. The van der Waals surface area contributed by atoms with E-state index in [-0.39, 0.29) is 11.4 Å². The highest BCUT2D eigenvalue weighted by molar-refractivity contribution is 9.10. The van der Waals surface area contributed by atoms with E-state index in [0.717, 1.165) is 0 Å². The number of hydrogen-bond donors (Lipinski definition) is 3. The Labute approximate surface area is 103 Å². The molecule has 1 aromatic carbocycles. The van der Waals surface area contributed by atoms with Crippen LogP contribution in [-0.4, -0.2) is 26.2 Å². The highest BCUT2D eigenvalue weighted by atomic mass is 79.9. The summed E-state index contributed by atoms with van der Waals surface area (Å²) in [5.74, 6) is 0. The maximum atomic E-state index is 11.8. The van der Waals surface area contributed by atoms with Crippen molar-refractivity contribution in [3.63, 3.8) is 0 Å². The Bertz CT molecular complexity index is 474. The molecule has 1 aromatic rings. The van der Waals surface area contributed by atoms with Gasteiger partial charge in [0.2, 0.25) is 10.0 Å². The van der Waals surface area contributed by atoms with Crippen LogP contribution in [0.25, 0.3) is 0 Å². The molecule has 16 heavy (non-hydrogen) atoms. The lowest BCUT2D eigenvalue weighted by atomic mass is 10.3. The first-order valence-electron chi connectivity index (χ1n) is 4.55. The Morgan fingerprint density at radius 1 is 1.56 bits per heavy atom. The molecule has 0 aliphatic rings. The van der Waals surface area contributed by atoms with E-state index >= 15 is 0 Å². The van der Waals surface area contributed by atoms with Gasteiger partial charge in [-0.05, 0) is 41.1 Å². The molecule has 0 aliphatic carbocycles. The van der Waals surface area contributed by atoms with Crippen molar-refractivity contribution in [2.75, 3.05) is 12.3 Å². The first kappa shape index (κ1) is 13.4. The van der Waals surface area contributed by atoms with Crippen molar-refractivity contribution >= 4 is 31.6 Å². The van der Waals surface area contributed by atoms with Crippen LogP contribution in [0.5, 0.6) is 0 Å². The van der Waals surface area contributed by atoms with Crippen LogP contribution in [0.1, 0.15) is 6.92 Å². The Morgan fingerprint density at radius 2 is 2.19 bits per heavy atom. The fraction of sp³-hybridized carbons (Fsp3) is 0.333. The number of halogens is 1. The minimum Gasteiger partial charge on any atom is -0.399 e. The fourth-order valence-electron chi connectivity index (χ4n) is 1.03. The zero-order chi connectivity index (χ0) is 12.3. The lowest BCUT2D eigenvalue weighted by molar-refractivity contribution is 0.198. The molecule has 0 heterocycles. The van der Waals surface area contributed by atoms with Gasteiger partial charge in [-0.3, -0.25) is 0 Å². The molecule has 0 fully saturated rings. The summed E-state index contributed by atoms with van der Waals surface area (Å²) in [6.07, 6.45) is -0.741. The number of nitrogen functional groups attached to an aromatic ring is 1. The molecule has 0 unspecified atom stereocenters. The summed E-state index contributed by atoms with van der Waals surface area (Å²) in [4.78, 5) is 0.0631. The summed E-state index contributed by atoms with van der Waals surface area (Å²) in [5, 5.41) is 9.02. The van der Waals surface area contributed by atoms with Crippen LogP contribution >= 0.6 is 15.9 Å².